The van der Waals surface area contributed by atoms with Gasteiger partial charge < -0.3 is 9.32 Å². The Morgan fingerprint density at radius 2 is 2.31 bits per heavy atom. The van der Waals surface area contributed by atoms with Gasteiger partial charge in [0, 0.05) is 25.0 Å². The molecule has 0 N–H and O–H groups in total. The van der Waals surface area contributed by atoms with Crippen LogP contribution in [0.3, 0.4) is 0 Å². The highest BCUT2D eigenvalue weighted by Gasteiger charge is 2.10. The Morgan fingerprint density at radius 3 is 3.00 bits per heavy atom. The van der Waals surface area contributed by atoms with Crippen molar-refractivity contribution in [3.63, 3.8) is 0 Å². The van der Waals surface area contributed by atoms with E-state index in [2.05, 4.69) is 27.8 Å². The number of halogens is 1. The Labute approximate surface area is 112 Å². The molecule has 0 spiro atoms. The van der Waals surface area contributed by atoms with Gasteiger partial charge in [0.15, 0.2) is 11.5 Å². The first-order chi connectivity index (χ1) is 7.63. The summed E-state index contributed by atoms with van der Waals surface area (Å²) < 4.78 is 8.72. The van der Waals surface area contributed by atoms with E-state index < -0.39 is 0 Å². The van der Waals surface area contributed by atoms with E-state index in [0.717, 1.165) is 38.1 Å². The van der Waals surface area contributed by atoms with Gasteiger partial charge in [0.25, 0.3) is 0 Å². The van der Waals surface area contributed by atoms with Gasteiger partial charge in [-0.3, -0.25) is 0 Å². The van der Waals surface area contributed by atoms with Crippen LogP contribution in [0.5, 0.6) is 0 Å². The number of hydrogen-bond acceptors (Lipinski definition) is 4. The summed E-state index contributed by atoms with van der Waals surface area (Å²) in [7, 11) is 2.02. The summed E-state index contributed by atoms with van der Waals surface area (Å²) in [5, 5.41) is 2.01. The Kier molecular flexibility index (Phi) is 3.66. The quantitative estimate of drug-likeness (QED) is 0.754. The van der Waals surface area contributed by atoms with Crippen molar-refractivity contribution in [1.29, 1.82) is 0 Å². The van der Waals surface area contributed by atoms with Crippen LogP contribution >= 0.6 is 39.5 Å². The number of anilines is 1. The van der Waals surface area contributed by atoms with Crippen molar-refractivity contribution in [3.05, 3.63) is 20.4 Å². The van der Waals surface area contributed by atoms with Gasteiger partial charge in [-0.15, -0.1) is 11.3 Å². The molecule has 0 aliphatic rings. The van der Waals surface area contributed by atoms with Crippen molar-refractivity contribution in [1.82, 2.24) is 0 Å². The lowest BCUT2D eigenvalue weighted by molar-refractivity contribution is 0.583. The molecule has 0 amide bonds. The SMILES string of the molecule is CCCN(C)c1cc(=S)c2scc(Br)c2o1. The summed E-state index contributed by atoms with van der Waals surface area (Å²) in [5.41, 5.74) is 0.857. The molecule has 0 fully saturated rings. The molecule has 0 atom stereocenters. The van der Waals surface area contributed by atoms with E-state index in [1.54, 1.807) is 11.3 Å². The lowest BCUT2D eigenvalue weighted by Crippen LogP contribution is -2.17. The molecule has 0 aliphatic heterocycles. The van der Waals surface area contributed by atoms with Crippen LogP contribution in [0.25, 0.3) is 10.3 Å². The van der Waals surface area contributed by atoms with Crippen molar-refractivity contribution in [2.45, 2.75) is 13.3 Å². The Hall–Kier alpha value is -0.390. The van der Waals surface area contributed by atoms with Crippen molar-refractivity contribution >= 4 is 55.7 Å². The number of rotatable bonds is 3. The zero-order valence-corrected chi connectivity index (χ0v) is 12.3. The molecule has 2 aromatic rings. The molecular weight excluding hydrogens is 306 g/mol. The van der Waals surface area contributed by atoms with Gasteiger partial charge in [0.2, 0.25) is 0 Å². The number of nitrogens with zero attached hydrogens (tertiary/aromatic N) is 1. The summed E-state index contributed by atoms with van der Waals surface area (Å²) in [5.74, 6) is 0.832. The molecule has 5 heteroatoms. The van der Waals surface area contributed by atoms with Gasteiger partial charge >= 0.3 is 0 Å². The maximum absolute atomic E-state index is 5.85. The van der Waals surface area contributed by atoms with Crippen molar-refractivity contribution in [3.8, 4) is 0 Å². The largest absolute Gasteiger partial charge is 0.438 e. The normalized spacial score (nSPS) is 10.9. The van der Waals surface area contributed by atoms with Crippen LogP contribution in [0.4, 0.5) is 5.88 Å². The molecular formula is C11H12BrNOS2. The van der Waals surface area contributed by atoms with Crippen LogP contribution in [0.2, 0.25) is 0 Å². The maximum atomic E-state index is 5.85. The van der Waals surface area contributed by atoms with E-state index >= 15 is 0 Å². The first-order valence-corrected chi connectivity index (χ1v) is 7.13. The fraction of sp³-hybridized carbons (Fsp3) is 0.364. The lowest BCUT2D eigenvalue weighted by Gasteiger charge is -2.16. The third-order valence-corrected chi connectivity index (χ3v) is 4.66. The molecule has 2 heterocycles. The van der Waals surface area contributed by atoms with Gasteiger partial charge in [-0.2, -0.15) is 0 Å². The summed E-state index contributed by atoms with van der Waals surface area (Å²) >= 11 is 10.4. The van der Waals surface area contributed by atoms with Gasteiger partial charge in [-0.25, -0.2) is 0 Å². The molecule has 0 radical (unpaired) electrons. The molecule has 0 saturated carbocycles. The van der Waals surface area contributed by atoms with E-state index in [9.17, 15) is 0 Å². The smallest absolute Gasteiger partial charge is 0.197 e. The molecule has 2 nitrogen and oxygen atoms in total. The zero-order valence-electron chi connectivity index (χ0n) is 9.12. The average molecular weight is 318 g/mol. The van der Waals surface area contributed by atoms with Gasteiger partial charge in [-0.1, -0.05) is 19.1 Å². The van der Waals surface area contributed by atoms with Crippen molar-refractivity contribution in [2.75, 3.05) is 18.5 Å². The summed E-state index contributed by atoms with van der Waals surface area (Å²) in [6.07, 6.45) is 1.08. The highest BCUT2D eigenvalue weighted by molar-refractivity contribution is 9.10. The van der Waals surface area contributed by atoms with Gasteiger partial charge in [-0.05, 0) is 22.4 Å². The molecule has 2 aromatic heterocycles. The van der Waals surface area contributed by atoms with Crippen LogP contribution in [0, 0.1) is 4.51 Å². The third kappa shape index (κ3) is 2.17. The molecule has 0 aromatic carbocycles. The molecule has 0 aliphatic carbocycles. The highest BCUT2D eigenvalue weighted by Crippen LogP contribution is 2.34. The Balaban J connectivity index is 2.56. The summed E-state index contributed by atoms with van der Waals surface area (Å²) in [6, 6.07) is 1.93. The standard InChI is InChI=1S/C11H12BrNOS2/c1-3-4-13(2)9-5-8(15)11-10(14-9)7(12)6-16-11/h5-6H,3-4H2,1-2H3. The molecule has 16 heavy (non-hydrogen) atoms. The first-order valence-electron chi connectivity index (χ1n) is 5.05. The number of fused-ring (bicyclic) bond motifs is 1. The van der Waals surface area contributed by atoms with Crippen molar-refractivity contribution < 1.29 is 4.42 Å². The first kappa shape index (κ1) is 12.1. The van der Waals surface area contributed by atoms with Gasteiger partial charge in [0.1, 0.15) is 0 Å². The van der Waals surface area contributed by atoms with Crippen LogP contribution in [-0.4, -0.2) is 13.6 Å². The Morgan fingerprint density at radius 1 is 1.56 bits per heavy atom. The topological polar surface area (TPSA) is 16.4 Å². The van der Waals surface area contributed by atoms with E-state index in [4.69, 9.17) is 16.6 Å². The minimum Gasteiger partial charge on any atom is -0.438 e. The second-order valence-corrected chi connectivity index (χ2v) is 5.79. The maximum Gasteiger partial charge on any atom is 0.197 e. The van der Waals surface area contributed by atoms with E-state index in [1.807, 2.05) is 18.5 Å². The van der Waals surface area contributed by atoms with Crippen LogP contribution < -0.4 is 4.90 Å². The zero-order chi connectivity index (χ0) is 11.7. The second-order valence-electron chi connectivity index (χ2n) is 3.61. The lowest BCUT2D eigenvalue weighted by atomic mass is 10.4. The molecule has 2 rings (SSSR count). The fourth-order valence-corrected chi connectivity index (χ4v) is 3.33. The van der Waals surface area contributed by atoms with Crippen LogP contribution in [0.1, 0.15) is 13.3 Å². The number of hydrogen-bond donors (Lipinski definition) is 0. The molecule has 0 unspecified atom stereocenters. The monoisotopic (exact) mass is 317 g/mol. The van der Waals surface area contributed by atoms with Crippen LogP contribution in [0.15, 0.2) is 20.3 Å². The van der Waals surface area contributed by atoms with Gasteiger partial charge in [0.05, 0.1) is 13.7 Å². The number of thiophene rings is 1. The van der Waals surface area contributed by atoms with Crippen molar-refractivity contribution in [2.24, 2.45) is 0 Å². The van der Waals surface area contributed by atoms with E-state index in [1.165, 1.54) is 0 Å². The van der Waals surface area contributed by atoms with E-state index in [-0.39, 0.29) is 0 Å². The fourth-order valence-electron chi connectivity index (χ4n) is 1.54. The Bertz CT molecular complexity index is 561. The molecule has 0 bridgehead atoms. The van der Waals surface area contributed by atoms with E-state index in [0.29, 0.717) is 0 Å². The second kappa shape index (κ2) is 4.85. The molecule has 86 valence electrons. The summed E-state index contributed by atoms with van der Waals surface area (Å²) in [4.78, 5) is 2.08. The van der Waals surface area contributed by atoms with Crippen LogP contribution in [-0.2, 0) is 0 Å². The highest BCUT2D eigenvalue weighted by atomic mass is 79.9. The minimum atomic E-state index is 0.832. The molecule has 0 saturated heterocycles. The average Bonchev–Trinajstić information content (AvgIpc) is 2.61. The predicted molar refractivity (Wildman–Crippen MR) is 76.2 cm³/mol. The summed E-state index contributed by atoms with van der Waals surface area (Å²) in [6.45, 7) is 3.11. The predicted octanol–water partition coefficient (Wildman–Crippen LogP) is 4.83. The minimum absolute atomic E-state index is 0.832. The third-order valence-electron chi connectivity index (χ3n) is 2.32.